The Kier molecular flexibility index (Phi) is 3.47. The Labute approximate surface area is 148 Å². The van der Waals surface area contributed by atoms with Gasteiger partial charge in [-0.05, 0) is 41.2 Å². The lowest BCUT2D eigenvalue weighted by molar-refractivity contribution is -0.570. The summed E-state index contributed by atoms with van der Waals surface area (Å²) in [4.78, 5) is 0. The first-order valence-corrected chi connectivity index (χ1v) is 9.43. The molecule has 3 aliphatic rings. The number of hydrazone groups is 1. The molecule has 1 fully saturated rings. The minimum absolute atomic E-state index is 0.0323. The molecule has 5 rings (SSSR count). The highest BCUT2D eigenvalue weighted by molar-refractivity contribution is 6.22. The molecule has 0 spiro atoms. The standard InChI is InChI=1S/C22H22N2O/c25-21-14-20(15-8-2-1-3-9-15)24(23-21)22-18-12-6-4-10-16(18)17-11-5-7-13-19(17)22/h4-7,10-13,15,20H,1-3,8-9,14H2. The predicted octanol–water partition coefficient (Wildman–Crippen LogP) is 3.54. The van der Waals surface area contributed by atoms with Gasteiger partial charge in [0.1, 0.15) is 0 Å². The van der Waals surface area contributed by atoms with E-state index in [9.17, 15) is 5.11 Å². The van der Waals surface area contributed by atoms with E-state index < -0.39 is 0 Å². The number of nitrogens with zero attached hydrogens (tertiary/aromatic N) is 2. The van der Waals surface area contributed by atoms with E-state index in [1.807, 2.05) is 0 Å². The summed E-state index contributed by atoms with van der Waals surface area (Å²) in [6, 6.07) is 17.2. The zero-order valence-corrected chi connectivity index (χ0v) is 14.3. The highest BCUT2D eigenvalue weighted by Gasteiger charge is 2.42. The Bertz CT molecular complexity index is 843. The number of hydrogen-bond donors (Lipinski definition) is 0. The molecular weight excluding hydrogens is 308 g/mol. The summed E-state index contributed by atoms with van der Waals surface area (Å²) in [6.45, 7) is 0. The number of rotatable bonds is 1. The van der Waals surface area contributed by atoms with E-state index in [1.54, 1.807) is 0 Å². The van der Waals surface area contributed by atoms with Gasteiger partial charge in [0.15, 0.2) is 6.04 Å². The van der Waals surface area contributed by atoms with Gasteiger partial charge in [-0.1, -0.05) is 60.3 Å². The Morgan fingerprint density at radius 1 is 0.800 bits per heavy atom. The molecule has 0 bridgehead atoms. The molecule has 25 heavy (non-hydrogen) atoms. The summed E-state index contributed by atoms with van der Waals surface area (Å²) < 4.78 is 2.09. The Morgan fingerprint density at radius 3 is 1.96 bits per heavy atom. The minimum Gasteiger partial charge on any atom is -0.857 e. The molecule has 0 amide bonds. The van der Waals surface area contributed by atoms with Crippen LogP contribution < -0.4 is 5.11 Å². The van der Waals surface area contributed by atoms with Gasteiger partial charge in [-0.15, -0.1) is 0 Å². The van der Waals surface area contributed by atoms with Gasteiger partial charge >= 0.3 is 0 Å². The zero-order chi connectivity index (χ0) is 16.8. The van der Waals surface area contributed by atoms with Crippen molar-refractivity contribution in [2.45, 2.75) is 44.6 Å². The fraction of sp³-hybridized carbons (Fsp3) is 0.364. The molecule has 1 heterocycles. The van der Waals surface area contributed by atoms with E-state index in [0.717, 1.165) is 5.71 Å². The molecule has 126 valence electrons. The summed E-state index contributed by atoms with van der Waals surface area (Å²) in [5, 5.41) is 16.7. The van der Waals surface area contributed by atoms with Gasteiger partial charge in [-0.3, -0.25) is 0 Å². The second-order valence-corrected chi connectivity index (χ2v) is 7.45. The van der Waals surface area contributed by atoms with E-state index in [4.69, 9.17) is 0 Å². The van der Waals surface area contributed by atoms with E-state index in [0.29, 0.717) is 12.3 Å². The quantitative estimate of drug-likeness (QED) is 0.629. The molecule has 1 saturated carbocycles. The third-order valence-corrected chi connectivity index (χ3v) is 5.99. The lowest BCUT2D eigenvalue weighted by Crippen LogP contribution is -2.33. The van der Waals surface area contributed by atoms with Crippen molar-refractivity contribution < 1.29 is 9.79 Å². The Morgan fingerprint density at radius 2 is 1.36 bits per heavy atom. The van der Waals surface area contributed by atoms with E-state index in [1.165, 1.54) is 54.4 Å². The molecule has 2 aliphatic carbocycles. The number of fused-ring (bicyclic) bond motifs is 3. The molecule has 3 nitrogen and oxygen atoms in total. The SMILES string of the molecule is [O-]C1=N[N+](=C2c3ccccc3-c3ccccc32)C(C2CCCCC2)C1. The molecule has 1 atom stereocenters. The summed E-state index contributed by atoms with van der Waals surface area (Å²) >= 11 is 0. The van der Waals surface area contributed by atoms with Crippen LogP contribution in [0.1, 0.15) is 49.7 Å². The lowest BCUT2D eigenvalue weighted by atomic mass is 9.83. The molecule has 0 saturated heterocycles. The first-order valence-electron chi connectivity index (χ1n) is 9.43. The fourth-order valence-corrected chi connectivity index (χ4v) is 4.84. The molecule has 0 radical (unpaired) electrons. The van der Waals surface area contributed by atoms with Gasteiger partial charge in [0.25, 0.3) is 0 Å². The van der Waals surface area contributed by atoms with Crippen LogP contribution in [0.25, 0.3) is 11.1 Å². The van der Waals surface area contributed by atoms with Gasteiger partial charge in [0.05, 0.1) is 11.1 Å². The van der Waals surface area contributed by atoms with Gasteiger partial charge in [-0.25, -0.2) is 0 Å². The molecule has 3 heteroatoms. The van der Waals surface area contributed by atoms with E-state index in [-0.39, 0.29) is 11.9 Å². The van der Waals surface area contributed by atoms with Crippen molar-refractivity contribution >= 4 is 11.6 Å². The average Bonchev–Trinajstić information content (AvgIpc) is 3.20. The molecular formula is C22H22N2O. The van der Waals surface area contributed by atoms with E-state index >= 15 is 0 Å². The van der Waals surface area contributed by atoms with Gasteiger partial charge in [0, 0.05) is 18.2 Å². The Hall–Kier alpha value is -2.42. The molecule has 0 aromatic heterocycles. The maximum atomic E-state index is 12.3. The van der Waals surface area contributed by atoms with Crippen molar-refractivity contribution in [2.75, 3.05) is 0 Å². The predicted molar refractivity (Wildman–Crippen MR) is 97.8 cm³/mol. The second-order valence-electron chi connectivity index (χ2n) is 7.45. The summed E-state index contributed by atoms with van der Waals surface area (Å²) in [5.41, 5.74) is 6.06. The zero-order valence-electron chi connectivity index (χ0n) is 14.3. The van der Waals surface area contributed by atoms with Crippen molar-refractivity contribution in [3.8, 4) is 11.1 Å². The van der Waals surface area contributed by atoms with Crippen molar-refractivity contribution in [2.24, 2.45) is 11.0 Å². The molecule has 2 aromatic rings. The number of benzene rings is 2. The van der Waals surface area contributed by atoms with Crippen LogP contribution in [0.5, 0.6) is 0 Å². The maximum Gasteiger partial charge on any atom is 0.247 e. The maximum absolute atomic E-state index is 12.3. The first-order chi connectivity index (χ1) is 12.3. The van der Waals surface area contributed by atoms with Crippen LogP contribution >= 0.6 is 0 Å². The average molecular weight is 330 g/mol. The molecule has 1 aliphatic heterocycles. The lowest BCUT2D eigenvalue weighted by Gasteiger charge is -2.24. The number of hydrogen-bond acceptors (Lipinski definition) is 2. The summed E-state index contributed by atoms with van der Waals surface area (Å²) in [7, 11) is 0. The summed E-state index contributed by atoms with van der Waals surface area (Å²) in [5.74, 6) is 0.612. The van der Waals surface area contributed by atoms with Crippen molar-refractivity contribution in [3.63, 3.8) is 0 Å². The topological polar surface area (TPSA) is 38.4 Å². The van der Waals surface area contributed by atoms with Crippen molar-refractivity contribution in [1.82, 2.24) is 0 Å². The van der Waals surface area contributed by atoms with Crippen molar-refractivity contribution in [1.29, 1.82) is 0 Å². The van der Waals surface area contributed by atoms with Crippen LogP contribution in [-0.4, -0.2) is 22.3 Å². The van der Waals surface area contributed by atoms with Crippen LogP contribution in [0.15, 0.2) is 53.6 Å². The third-order valence-electron chi connectivity index (χ3n) is 5.99. The van der Waals surface area contributed by atoms with E-state index in [2.05, 4.69) is 58.3 Å². The largest absolute Gasteiger partial charge is 0.857 e. The first kappa shape index (κ1) is 14.9. The van der Waals surface area contributed by atoms with Crippen LogP contribution in [-0.2, 0) is 0 Å². The van der Waals surface area contributed by atoms with Crippen LogP contribution in [0.3, 0.4) is 0 Å². The molecule has 1 unspecified atom stereocenters. The molecule has 0 N–H and O–H groups in total. The minimum atomic E-state index is 0.0323. The second kappa shape index (κ2) is 5.83. The normalized spacial score (nSPS) is 22.7. The Balaban J connectivity index is 1.71. The van der Waals surface area contributed by atoms with Gasteiger partial charge < -0.3 is 5.11 Å². The highest BCUT2D eigenvalue weighted by atomic mass is 16.3. The highest BCUT2D eigenvalue weighted by Crippen LogP contribution is 2.39. The van der Waals surface area contributed by atoms with Gasteiger partial charge in [-0.2, -0.15) is 0 Å². The monoisotopic (exact) mass is 330 g/mol. The smallest absolute Gasteiger partial charge is 0.247 e. The van der Waals surface area contributed by atoms with Gasteiger partial charge in [0.2, 0.25) is 5.71 Å². The fourth-order valence-electron chi connectivity index (χ4n) is 4.84. The van der Waals surface area contributed by atoms with Crippen LogP contribution in [0.2, 0.25) is 0 Å². The van der Waals surface area contributed by atoms with Crippen molar-refractivity contribution in [3.05, 3.63) is 59.7 Å². The van der Waals surface area contributed by atoms with Crippen LogP contribution in [0.4, 0.5) is 0 Å². The summed E-state index contributed by atoms with van der Waals surface area (Å²) in [6.07, 6.45) is 6.91. The molecule has 2 aromatic carbocycles. The third kappa shape index (κ3) is 2.33. The van der Waals surface area contributed by atoms with Crippen LogP contribution in [0, 0.1) is 5.92 Å².